The van der Waals surface area contributed by atoms with E-state index in [1.54, 1.807) is 0 Å². The number of hydrogen-bond acceptors (Lipinski definition) is 4. The molecule has 3 rings (SSSR count). The molecule has 0 aliphatic heterocycles. The number of ether oxygens (including phenoxy) is 2. The third kappa shape index (κ3) is 19.9. The third-order valence-corrected chi connectivity index (χ3v) is 13.1. The molecule has 306 valence electrons. The largest absolute Gasteiger partial charge is 0.493 e. The lowest BCUT2D eigenvalue weighted by molar-refractivity contribution is 0.298. The fourth-order valence-corrected chi connectivity index (χ4v) is 9.48. The van der Waals surface area contributed by atoms with Gasteiger partial charge in [-0.25, -0.2) is 0 Å². The van der Waals surface area contributed by atoms with Gasteiger partial charge in [0.2, 0.25) is 0 Å². The molecule has 0 N–H and O–H groups in total. The molecule has 2 nitrogen and oxygen atoms in total. The van der Waals surface area contributed by atoms with Gasteiger partial charge < -0.3 is 9.47 Å². The first-order chi connectivity index (χ1) is 26.7. The second-order valence-corrected chi connectivity index (χ2v) is 18.0. The molecular weight excluding hydrogens is 697 g/mol. The summed E-state index contributed by atoms with van der Waals surface area (Å²) in [6, 6.07) is 9.58. The summed E-state index contributed by atoms with van der Waals surface area (Å²) in [6.45, 7) is 10.7. The van der Waals surface area contributed by atoms with E-state index in [0.717, 1.165) is 37.6 Å². The van der Waals surface area contributed by atoms with Crippen LogP contribution in [-0.2, 0) is 12.8 Å². The first-order valence-corrected chi connectivity index (χ1v) is 25.0. The van der Waals surface area contributed by atoms with E-state index in [9.17, 15) is 0 Å². The summed E-state index contributed by atoms with van der Waals surface area (Å²) in [5.41, 5.74) is 5.38. The Bertz CT molecular complexity index is 1210. The number of hydrogen-bond donors (Lipinski definition) is 0. The summed E-state index contributed by atoms with van der Waals surface area (Å²) in [4.78, 5) is 2.64. The molecule has 0 atom stereocenters. The van der Waals surface area contributed by atoms with Crippen molar-refractivity contribution in [1.29, 1.82) is 0 Å². The molecule has 0 saturated carbocycles. The van der Waals surface area contributed by atoms with E-state index in [0.29, 0.717) is 0 Å². The van der Waals surface area contributed by atoms with Crippen LogP contribution in [0.15, 0.2) is 35.0 Å². The van der Waals surface area contributed by atoms with E-state index < -0.39 is 0 Å². The van der Waals surface area contributed by atoms with Crippen LogP contribution in [0.1, 0.15) is 219 Å². The van der Waals surface area contributed by atoms with Crippen LogP contribution in [0.25, 0.3) is 20.9 Å². The van der Waals surface area contributed by atoms with Crippen LogP contribution in [0.5, 0.6) is 11.5 Å². The SMILES string of the molecule is CCCCCCCCCCc1csc(-c2cc(OCCCCCCCC)c(-c3cc(CCCCCCCCCC)cs3)cc2OCCCCCCCC)c1. The Morgan fingerprint density at radius 3 is 0.981 bits per heavy atom. The van der Waals surface area contributed by atoms with E-state index >= 15 is 0 Å². The minimum Gasteiger partial charge on any atom is -0.493 e. The molecule has 2 aromatic heterocycles. The van der Waals surface area contributed by atoms with Gasteiger partial charge in [0.25, 0.3) is 0 Å². The van der Waals surface area contributed by atoms with Gasteiger partial charge in [0.15, 0.2) is 0 Å². The molecule has 0 spiro atoms. The van der Waals surface area contributed by atoms with Crippen molar-refractivity contribution in [2.45, 2.75) is 220 Å². The molecule has 54 heavy (non-hydrogen) atoms. The van der Waals surface area contributed by atoms with Crippen LogP contribution >= 0.6 is 22.7 Å². The molecule has 0 aliphatic rings. The van der Waals surface area contributed by atoms with Gasteiger partial charge in [0.05, 0.1) is 13.2 Å². The Morgan fingerprint density at radius 1 is 0.352 bits per heavy atom. The lowest BCUT2D eigenvalue weighted by Crippen LogP contribution is -2.02. The van der Waals surface area contributed by atoms with Crippen molar-refractivity contribution in [3.63, 3.8) is 0 Å². The Hall–Kier alpha value is -1.78. The van der Waals surface area contributed by atoms with E-state index in [4.69, 9.17) is 9.47 Å². The Labute approximate surface area is 342 Å². The van der Waals surface area contributed by atoms with Gasteiger partial charge in [-0.05, 0) is 84.7 Å². The van der Waals surface area contributed by atoms with Crippen LogP contribution in [0, 0.1) is 0 Å². The van der Waals surface area contributed by atoms with Gasteiger partial charge in [0, 0.05) is 20.9 Å². The zero-order valence-electron chi connectivity index (χ0n) is 35.7. The molecule has 0 bridgehead atoms. The molecule has 0 radical (unpaired) electrons. The summed E-state index contributed by atoms with van der Waals surface area (Å²) < 4.78 is 13.5. The monoisotopic (exact) mass is 779 g/mol. The number of rotatable bonds is 36. The number of unbranched alkanes of at least 4 members (excludes halogenated alkanes) is 24. The van der Waals surface area contributed by atoms with E-state index in [1.807, 2.05) is 22.7 Å². The van der Waals surface area contributed by atoms with E-state index in [2.05, 4.69) is 62.7 Å². The van der Waals surface area contributed by atoms with E-state index in [-0.39, 0.29) is 0 Å². The van der Waals surface area contributed by atoms with Gasteiger partial charge in [-0.3, -0.25) is 0 Å². The van der Waals surface area contributed by atoms with Crippen molar-refractivity contribution >= 4 is 22.7 Å². The second-order valence-electron chi connectivity index (χ2n) is 16.2. The van der Waals surface area contributed by atoms with Crippen LogP contribution in [0.2, 0.25) is 0 Å². The molecule has 2 heterocycles. The van der Waals surface area contributed by atoms with Gasteiger partial charge >= 0.3 is 0 Å². The highest BCUT2D eigenvalue weighted by molar-refractivity contribution is 7.14. The minimum atomic E-state index is 0.779. The lowest BCUT2D eigenvalue weighted by Gasteiger charge is -2.17. The number of aryl methyl sites for hydroxylation is 2. The summed E-state index contributed by atoms with van der Waals surface area (Å²) in [5.74, 6) is 2.06. The average Bonchev–Trinajstić information content (AvgIpc) is 3.86. The smallest absolute Gasteiger partial charge is 0.128 e. The highest BCUT2D eigenvalue weighted by Gasteiger charge is 2.18. The van der Waals surface area contributed by atoms with Crippen LogP contribution < -0.4 is 9.47 Å². The minimum absolute atomic E-state index is 0.779. The number of benzene rings is 1. The Balaban J connectivity index is 1.76. The maximum atomic E-state index is 6.75. The van der Waals surface area contributed by atoms with Gasteiger partial charge in [-0.1, -0.05) is 182 Å². The van der Waals surface area contributed by atoms with Crippen molar-refractivity contribution in [1.82, 2.24) is 0 Å². The molecule has 0 amide bonds. The van der Waals surface area contributed by atoms with Crippen LogP contribution in [-0.4, -0.2) is 13.2 Å². The molecule has 0 saturated heterocycles. The molecule has 0 aliphatic carbocycles. The summed E-state index contributed by atoms with van der Waals surface area (Å²) >= 11 is 3.77. The Morgan fingerprint density at radius 2 is 0.648 bits per heavy atom. The van der Waals surface area contributed by atoms with Crippen LogP contribution in [0.3, 0.4) is 0 Å². The zero-order valence-corrected chi connectivity index (χ0v) is 37.4. The summed E-state index contributed by atoms with van der Waals surface area (Å²) in [6.07, 6.45) is 39.5. The summed E-state index contributed by atoms with van der Waals surface area (Å²) in [7, 11) is 0. The van der Waals surface area contributed by atoms with Crippen molar-refractivity contribution in [2.24, 2.45) is 0 Å². The lowest BCUT2D eigenvalue weighted by atomic mass is 10.0. The predicted molar refractivity (Wildman–Crippen MR) is 243 cm³/mol. The molecule has 1 aromatic carbocycles. The topological polar surface area (TPSA) is 18.5 Å². The zero-order chi connectivity index (χ0) is 38.3. The maximum Gasteiger partial charge on any atom is 0.128 e. The van der Waals surface area contributed by atoms with E-state index in [1.165, 1.54) is 212 Å². The van der Waals surface area contributed by atoms with Crippen molar-refractivity contribution in [3.8, 4) is 32.4 Å². The van der Waals surface area contributed by atoms with Crippen molar-refractivity contribution in [3.05, 3.63) is 46.2 Å². The van der Waals surface area contributed by atoms with Crippen molar-refractivity contribution in [2.75, 3.05) is 13.2 Å². The maximum absolute atomic E-state index is 6.75. The number of thiophene rings is 2. The molecular formula is C50H82O2S2. The fourth-order valence-electron chi connectivity index (χ4n) is 7.53. The molecule has 0 unspecified atom stereocenters. The fraction of sp³-hybridized carbons (Fsp3) is 0.720. The van der Waals surface area contributed by atoms with Crippen LogP contribution in [0.4, 0.5) is 0 Å². The van der Waals surface area contributed by atoms with Gasteiger partial charge in [-0.2, -0.15) is 0 Å². The highest BCUT2D eigenvalue weighted by atomic mass is 32.1. The van der Waals surface area contributed by atoms with Gasteiger partial charge in [-0.15, -0.1) is 22.7 Å². The highest BCUT2D eigenvalue weighted by Crippen LogP contribution is 2.45. The molecule has 4 heteroatoms. The first-order valence-electron chi connectivity index (χ1n) is 23.3. The first kappa shape index (κ1) is 46.6. The second kappa shape index (κ2) is 31.3. The average molecular weight is 779 g/mol. The third-order valence-electron chi connectivity index (χ3n) is 11.1. The van der Waals surface area contributed by atoms with Crippen molar-refractivity contribution < 1.29 is 9.47 Å². The van der Waals surface area contributed by atoms with Gasteiger partial charge in [0.1, 0.15) is 11.5 Å². The standard InChI is InChI=1S/C50H82O2S2/c1-5-9-13-17-21-23-25-29-33-43-37-49(53-41-43)45-39-48(52-36-32-28-20-16-12-8-4)46(40-47(45)51-35-31-27-19-15-11-7-3)50-38-44(42-54-50)34-30-26-24-22-18-14-10-6-2/h37-42H,5-36H2,1-4H3. The summed E-state index contributed by atoms with van der Waals surface area (Å²) in [5, 5.41) is 4.80. The normalized spacial score (nSPS) is 11.5. The Kier molecular flexibility index (Phi) is 27.0. The quantitative estimate of drug-likeness (QED) is 0.0547. The molecule has 0 fully saturated rings. The predicted octanol–water partition coefficient (Wildman–Crippen LogP) is 18.0. The molecule has 3 aromatic rings.